The number of para-hydroxylation sites is 1. The normalized spacial score (nSPS) is 27.6. The number of benzene rings is 2. The van der Waals surface area contributed by atoms with Crippen molar-refractivity contribution in [1.82, 2.24) is 5.32 Å². The first kappa shape index (κ1) is 20.5. The summed E-state index contributed by atoms with van der Waals surface area (Å²) >= 11 is 0. The predicted octanol–water partition coefficient (Wildman–Crippen LogP) is 4.72. The summed E-state index contributed by atoms with van der Waals surface area (Å²) in [6, 6.07) is 13.3. The Morgan fingerprint density at radius 2 is 2.03 bits per heavy atom. The van der Waals surface area contributed by atoms with Gasteiger partial charge in [-0.2, -0.15) is 0 Å². The Morgan fingerprint density at radius 1 is 1.19 bits per heavy atom. The second-order valence-corrected chi connectivity index (χ2v) is 8.55. The van der Waals surface area contributed by atoms with Gasteiger partial charge in [0.1, 0.15) is 23.0 Å². The Balaban J connectivity index is 1.60. The molecule has 6 heteroatoms. The Morgan fingerprint density at radius 3 is 2.84 bits per heavy atom. The molecule has 5 rings (SSSR count). The number of ether oxygens (including phenoxy) is 3. The zero-order valence-corrected chi connectivity index (χ0v) is 18.3. The standard InChI is InChI=1S/C26H27NO5/c1-30-17-11-13-21(31-2)16(15-17)10-12-20(28)24-23-18-7-3-4-9-22(18)32-26(27-25(24)29)14-6-5-8-19(23)26/h3-4,7,9-13,15,19,23,28H,5-6,8,14H2,1-2H3,(H,27,29)/b12-10+,24-20-/t19-,23+,26+/m0/s1. The van der Waals surface area contributed by atoms with Crippen molar-refractivity contribution in [3.05, 3.63) is 71.0 Å². The van der Waals surface area contributed by atoms with Crippen molar-refractivity contribution in [1.29, 1.82) is 0 Å². The summed E-state index contributed by atoms with van der Waals surface area (Å²) in [7, 11) is 3.19. The molecule has 1 saturated carbocycles. The number of allylic oxidation sites excluding steroid dienone is 1. The molecule has 2 aromatic carbocycles. The molecule has 2 bridgehead atoms. The third-order valence-corrected chi connectivity index (χ3v) is 6.88. The molecule has 3 atom stereocenters. The predicted molar refractivity (Wildman–Crippen MR) is 121 cm³/mol. The van der Waals surface area contributed by atoms with E-state index in [1.165, 1.54) is 0 Å². The summed E-state index contributed by atoms with van der Waals surface area (Å²) < 4.78 is 17.1. The summed E-state index contributed by atoms with van der Waals surface area (Å²) in [6.07, 6.45) is 7.11. The fraction of sp³-hybridized carbons (Fsp3) is 0.346. The van der Waals surface area contributed by atoms with Gasteiger partial charge in [0.15, 0.2) is 5.72 Å². The number of hydrogen-bond acceptors (Lipinski definition) is 5. The molecule has 1 amide bonds. The minimum absolute atomic E-state index is 0.0479. The van der Waals surface area contributed by atoms with E-state index in [2.05, 4.69) is 5.32 Å². The van der Waals surface area contributed by atoms with Crippen molar-refractivity contribution in [3.63, 3.8) is 0 Å². The maximum Gasteiger partial charge on any atom is 0.254 e. The highest BCUT2D eigenvalue weighted by atomic mass is 16.5. The molecule has 0 unspecified atom stereocenters. The van der Waals surface area contributed by atoms with E-state index >= 15 is 0 Å². The second kappa shape index (κ2) is 7.93. The van der Waals surface area contributed by atoms with E-state index in [0.29, 0.717) is 17.1 Å². The summed E-state index contributed by atoms with van der Waals surface area (Å²) in [6.45, 7) is 0. The van der Waals surface area contributed by atoms with E-state index in [-0.39, 0.29) is 23.5 Å². The third kappa shape index (κ3) is 3.22. The van der Waals surface area contributed by atoms with Crippen LogP contribution in [-0.4, -0.2) is 31.0 Å². The van der Waals surface area contributed by atoms with Crippen molar-refractivity contribution in [2.24, 2.45) is 5.92 Å². The Labute approximate surface area is 187 Å². The number of piperidine rings is 1. The van der Waals surface area contributed by atoms with Crippen LogP contribution < -0.4 is 19.5 Å². The zero-order chi connectivity index (χ0) is 22.3. The molecule has 2 aromatic rings. The molecule has 0 spiro atoms. The van der Waals surface area contributed by atoms with Crippen molar-refractivity contribution >= 4 is 12.0 Å². The number of fused-ring (bicyclic) bond motifs is 2. The van der Waals surface area contributed by atoms with Gasteiger partial charge in [-0.05, 0) is 49.3 Å². The number of hydrogen-bond donors (Lipinski definition) is 2. The molecule has 6 nitrogen and oxygen atoms in total. The van der Waals surface area contributed by atoms with Crippen LogP contribution in [0.3, 0.4) is 0 Å². The summed E-state index contributed by atoms with van der Waals surface area (Å²) in [5.41, 5.74) is 1.40. The van der Waals surface area contributed by atoms with Gasteiger partial charge in [0.2, 0.25) is 0 Å². The summed E-state index contributed by atoms with van der Waals surface area (Å²) in [5.74, 6) is 1.65. The van der Waals surface area contributed by atoms with Gasteiger partial charge in [0.05, 0.1) is 19.8 Å². The van der Waals surface area contributed by atoms with Crippen molar-refractivity contribution < 1.29 is 24.1 Å². The topological polar surface area (TPSA) is 77.0 Å². The number of carbonyl (C=O) groups is 1. The van der Waals surface area contributed by atoms with Gasteiger partial charge in [-0.25, -0.2) is 0 Å². The zero-order valence-electron chi connectivity index (χ0n) is 18.3. The van der Waals surface area contributed by atoms with Crippen LogP contribution in [0.25, 0.3) is 6.08 Å². The number of methoxy groups -OCH3 is 2. The van der Waals surface area contributed by atoms with Crippen LogP contribution in [0.4, 0.5) is 0 Å². The lowest BCUT2D eigenvalue weighted by Gasteiger charge is -2.54. The number of aliphatic hydroxyl groups excluding tert-OH is 1. The molecule has 0 aromatic heterocycles. The molecule has 2 fully saturated rings. The van der Waals surface area contributed by atoms with Crippen molar-refractivity contribution in [3.8, 4) is 17.2 Å². The summed E-state index contributed by atoms with van der Waals surface area (Å²) in [4.78, 5) is 13.3. The number of rotatable bonds is 4. The fourth-order valence-electron chi connectivity index (χ4n) is 5.42. The monoisotopic (exact) mass is 433 g/mol. The molecular formula is C26H27NO5. The van der Waals surface area contributed by atoms with Crippen LogP contribution in [0.2, 0.25) is 0 Å². The van der Waals surface area contributed by atoms with E-state index in [1.807, 2.05) is 36.4 Å². The quantitative estimate of drug-likeness (QED) is 0.539. The number of carbonyl (C=O) groups excluding carboxylic acids is 1. The number of nitrogens with one attached hydrogen (secondary N) is 1. The highest BCUT2D eigenvalue weighted by Crippen LogP contribution is 2.55. The second-order valence-electron chi connectivity index (χ2n) is 8.55. The van der Waals surface area contributed by atoms with Crippen LogP contribution in [-0.2, 0) is 4.79 Å². The minimum Gasteiger partial charge on any atom is -0.507 e. The van der Waals surface area contributed by atoms with Crippen LogP contribution in [0.1, 0.15) is 42.7 Å². The average molecular weight is 434 g/mol. The Kier molecular flexibility index (Phi) is 5.08. The van der Waals surface area contributed by atoms with Crippen molar-refractivity contribution in [2.75, 3.05) is 14.2 Å². The maximum atomic E-state index is 13.3. The van der Waals surface area contributed by atoms with Gasteiger partial charge in [-0.15, -0.1) is 0 Å². The van der Waals surface area contributed by atoms with E-state index in [0.717, 1.165) is 42.6 Å². The van der Waals surface area contributed by atoms with Gasteiger partial charge < -0.3 is 24.6 Å². The molecule has 1 saturated heterocycles. The van der Waals surface area contributed by atoms with Crippen molar-refractivity contribution in [2.45, 2.75) is 37.3 Å². The van der Waals surface area contributed by atoms with Crippen LogP contribution in [0, 0.1) is 5.92 Å². The first-order valence-corrected chi connectivity index (χ1v) is 11.0. The van der Waals surface area contributed by atoms with E-state index < -0.39 is 5.72 Å². The first-order valence-electron chi connectivity index (χ1n) is 11.0. The fourth-order valence-corrected chi connectivity index (χ4v) is 5.42. The molecule has 32 heavy (non-hydrogen) atoms. The molecule has 0 radical (unpaired) electrons. The van der Waals surface area contributed by atoms with Gasteiger partial charge >= 0.3 is 0 Å². The highest BCUT2D eigenvalue weighted by Gasteiger charge is 2.57. The molecule has 2 N–H and O–H groups in total. The lowest BCUT2D eigenvalue weighted by Crippen LogP contribution is -2.66. The molecule has 1 aliphatic carbocycles. The SMILES string of the molecule is COc1ccc(OC)c(/C=C/C(O)=C2/C(=O)N[C@@]34CCCC[C@H]3[C@H]2c2ccccc2O4)c1. The van der Waals surface area contributed by atoms with E-state index in [4.69, 9.17) is 14.2 Å². The average Bonchev–Trinajstić information content (AvgIpc) is 2.81. The smallest absolute Gasteiger partial charge is 0.254 e. The van der Waals surface area contributed by atoms with Gasteiger partial charge in [-0.1, -0.05) is 24.6 Å². The molecule has 2 heterocycles. The largest absolute Gasteiger partial charge is 0.507 e. The Hall–Kier alpha value is -3.41. The van der Waals surface area contributed by atoms with E-state index in [1.54, 1.807) is 32.4 Å². The molecule has 2 aliphatic heterocycles. The van der Waals surface area contributed by atoms with Gasteiger partial charge in [0.25, 0.3) is 5.91 Å². The highest BCUT2D eigenvalue weighted by molar-refractivity contribution is 5.98. The number of aliphatic hydroxyl groups is 1. The van der Waals surface area contributed by atoms with Gasteiger partial charge in [-0.3, -0.25) is 4.79 Å². The molecular weight excluding hydrogens is 406 g/mol. The number of amides is 1. The lowest BCUT2D eigenvalue weighted by molar-refractivity contribution is -0.140. The summed E-state index contributed by atoms with van der Waals surface area (Å²) in [5, 5.41) is 14.3. The van der Waals surface area contributed by atoms with Crippen LogP contribution in [0.15, 0.2) is 59.9 Å². The minimum atomic E-state index is -0.697. The van der Waals surface area contributed by atoms with E-state index in [9.17, 15) is 9.90 Å². The maximum absolute atomic E-state index is 13.3. The van der Waals surface area contributed by atoms with Gasteiger partial charge in [0, 0.05) is 29.4 Å². The third-order valence-electron chi connectivity index (χ3n) is 6.88. The molecule has 3 aliphatic rings. The molecule has 166 valence electrons. The van der Waals surface area contributed by atoms with Crippen LogP contribution in [0.5, 0.6) is 17.2 Å². The van der Waals surface area contributed by atoms with Crippen LogP contribution >= 0.6 is 0 Å². The first-order chi connectivity index (χ1) is 15.6. The lowest BCUT2D eigenvalue weighted by atomic mass is 9.64. The Bertz CT molecular complexity index is 1120.